The van der Waals surface area contributed by atoms with Crippen molar-refractivity contribution in [2.75, 3.05) is 7.11 Å². The van der Waals surface area contributed by atoms with Crippen molar-refractivity contribution in [1.82, 2.24) is 29.5 Å². The van der Waals surface area contributed by atoms with Crippen LogP contribution in [0.3, 0.4) is 0 Å². The molecule has 3 aromatic rings. The summed E-state index contributed by atoms with van der Waals surface area (Å²) in [5, 5.41) is 8.44. The summed E-state index contributed by atoms with van der Waals surface area (Å²) in [5.41, 5.74) is 4.42. The number of methoxy groups -OCH3 is 1. The number of ether oxygens (including phenoxy) is 1. The maximum atomic E-state index is 5.43. The second kappa shape index (κ2) is 6.21. The molecule has 0 bridgehead atoms. The third-order valence-corrected chi connectivity index (χ3v) is 4.49. The van der Waals surface area contributed by atoms with Gasteiger partial charge in [0.15, 0.2) is 5.82 Å². The van der Waals surface area contributed by atoms with Crippen LogP contribution in [0.15, 0.2) is 67.0 Å². The summed E-state index contributed by atoms with van der Waals surface area (Å²) in [5.74, 6) is 1.42. The van der Waals surface area contributed by atoms with Crippen molar-refractivity contribution < 1.29 is 4.74 Å². The van der Waals surface area contributed by atoms with E-state index >= 15 is 0 Å². The van der Waals surface area contributed by atoms with Crippen molar-refractivity contribution in [2.24, 2.45) is 0 Å². The van der Waals surface area contributed by atoms with Gasteiger partial charge in [-0.15, -0.1) is 5.10 Å². The molecule has 5 rings (SSSR count). The summed E-state index contributed by atoms with van der Waals surface area (Å²) < 4.78 is 9.30. The number of hydrogen-bond acceptors (Lipinski definition) is 5. The van der Waals surface area contributed by atoms with E-state index in [1.54, 1.807) is 7.11 Å². The van der Waals surface area contributed by atoms with Gasteiger partial charge in [-0.2, -0.15) is 0 Å². The number of para-hydroxylation sites is 2. The first kappa shape index (κ1) is 15.5. The number of imidazole rings is 1. The molecule has 3 heterocycles. The Labute approximate surface area is 155 Å². The molecule has 0 saturated carbocycles. The van der Waals surface area contributed by atoms with Crippen LogP contribution in [0.5, 0.6) is 5.75 Å². The minimum atomic E-state index is 0.549. The maximum Gasteiger partial charge on any atom is 0.164 e. The molecule has 7 heteroatoms. The average Bonchev–Trinajstić information content (AvgIpc) is 3.32. The highest BCUT2D eigenvalue weighted by Gasteiger charge is 2.15. The summed E-state index contributed by atoms with van der Waals surface area (Å²) in [6.45, 7) is 0.549. The maximum absolute atomic E-state index is 5.43. The monoisotopic (exact) mass is 356 g/mol. The van der Waals surface area contributed by atoms with Gasteiger partial charge in [0.05, 0.1) is 23.9 Å². The Morgan fingerprint density at radius 1 is 0.926 bits per heavy atom. The lowest BCUT2D eigenvalue weighted by Gasteiger charge is -2.08. The first-order chi connectivity index (χ1) is 13.3. The van der Waals surface area contributed by atoms with E-state index in [1.807, 2.05) is 76.2 Å². The van der Waals surface area contributed by atoms with Gasteiger partial charge in [-0.25, -0.2) is 14.6 Å². The first-order valence-corrected chi connectivity index (χ1v) is 8.57. The third kappa shape index (κ3) is 2.69. The lowest BCUT2D eigenvalue weighted by molar-refractivity contribution is 0.416. The van der Waals surface area contributed by atoms with Crippen LogP contribution in [0.4, 0.5) is 0 Å². The standard InChI is InChI=1S/C20H16N6O/c1-27-19-9-5-2-6-14(19)20-21-15-10-11-25(12-17(15)22-20)13-26-18-8-4-3-7-16(18)23-24-26/h2-12H,13H2,1H3. The van der Waals surface area contributed by atoms with E-state index in [1.165, 1.54) is 0 Å². The molecule has 0 fully saturated rings. The van der Waals surface area contributed by atoms with E-state index in [0.29, 0.717) is 12.5 Å². The fourth-order valence-corrected chi connectivity index (χ4v) is 3.17. The zero-order chi connectivity index (χ0) is 18.2. The Kier molecular flexibility index (Phi) is 3.57. The summed E-state index contributed by atoms with van der Waals surface area (Å²) in [4.78, 5) is 9.33. The van der Waals surface area contributed by atoms with Gasteiger partial charge in [0.25, 0.3) is 0 Å². The molecule has 0 spiro atoms. The molecule has 2 aromatic carbocycles. The number of pyridine rings is 1. The molecule has 0 radical (unpaired) electrons. The van der Waals surface area contributed by atoms with E-state index in [0.717, 1.165) is 33.7 Å². The van der Waals surface area contributed by atoms with Crippen LogP contribution in [0, 0.1) is 0 Å². The topological polar surface area (TPSA) is 70.7 Å². The first-order valence-electron chi connectivity index (χ1n) is 8.57. The van der Waals surface area contributed by atoms with Crippen molar-refractivity contribution in [3.8, 4) is 28.5 Å². The fourth-order valence-electron chi connectivity index (χ4n) is 3.17. The van der Waals surface area contributed by atoms with Gasteiger partial charge in [-0.3, -0.25) is 0 Å². The highest BCUT2D eigenvalue weighted by Crippen LogP contribution is 2.30. The van der Waals surface area contributed by atoms with E-state index < -0.39 is 0 Å². The molecule has 27 heavy (non-hydrogen) atoms. The molecule has 2 aliphatic heterocycles. The van der Waals surface area contributed by atoms with Crippen LogP contribution in [0.25, 0.3) is 33.8 Å². The van der Waals surface area contributed by atoms with Crippen LogP contribution in [0.1, 0.15) is 0 Å². The van der Waals surface area contributed by atoms with Crippen LogP contribution in [-0.2, 0) is 6.67 Å². The lowest BCUT2D eigenvalue weighted by atomic mass is 10.2. The van der Waals surface area contributed by atoms with Crippen LogP contribution >= 0.6 is 0 Å². The number of nitrogens with zero attached hydrogens (tertiary/aromatic N) is 6. The third-order valence-electron chi connectivity index (χ3n) is 4.49. The molecule has 0 atom stereocenters. The summed E-state index contributed by atoms with van der Waals surface area (Å²) >= 11 is 0. The minimum absolute atomic E-state index is 0.549. The Morgan fingerprint density at radius 2 is 1.74 bits per heavy atom. The quantitative estimate of drug-likeness (QED) is 0.494. The van der Waals surface area contributed by atoms with Crippen molar-refractivity contribution in [1.29, 1.82) is 0 Å². The molecule has 0 aliphatic carbocycles. The number of fused-ring (bicyclic) bond motifs is 2. The normalized spacial score (nSPS) is 11.3. The molecule has 0 unspecified atom stereocenters. The number of benzene rings is 2. The van der Waals surface area contributed by atoms with Gasteiger partial charge in [0.1, 0.15) is 23.6 Å². The molecule has 0 amide bonds. The van der Waals surface area contributed by atoms with Crippen LogP contribution in [0.2, 0.25) is 0 Å². The molecule has 2 aliphatic rings. The van der Waals surface area contributed by atoms with Crippen molar-refractivity contribution in [2.45, 2.75) is 6.67 Å². The van der Waals surface area contributed by atoms with Gasteiger partial charge in [-0.1, -0.05) is 29.5 Å². The second-order valence-electron chi connectivity index (χ2n) is 6.20. The lowest BCUT2D eigenvalue weighted by Crippen LogP contribution is -2.09. The molecule has 0 saturated heterocycles. The Balaban J connectivity index is 1.52. The highest BCUT2D eigenvalue weighted by atomic mass is 16.5. The fraction of sp³-hybridized carbons (Fsp3) is 0.100. The number of hydrogen-bond donors (Lipinski definition) is 0. The average molecular weight is 356 g/mol. The predicted octanol–water partition coefficient (Wildman–Crippen LogP) is 3.31. The number of aromatic nitrogens is 6. The van der Waals surface area contributed by atoms with Crippen LogP contribution in [-0.4, -0.2) is 36.6 Å². The summed E-state index contributed by atoms with van der Waals surface area (Å²) in [7, 11) is 1.65. The van der Waals surface area contributed by atoms with Crippen molar-refractivity contribution in [3.05, 3.63) is 67.0 Å². The van der Waals surface area contributed by atoms with Crippen molar-refractivity contribution in [3.63, 3.8) is 0 Å². The SMILES string of the molecule is COc1ccccc1-c1nc2ccn(Cn3nnc4ccccc43)cc-2n1. The second-order valence-corrected chi connectivity index (χ2v) is 6.20. The molecule has 1 aromatic heterocycles. The van der Waals surface area contributed by atoms with Gasteiger partial charge in [0, 0.05) is 12.4 Å². The van der Waals surface area contributed by atoms with Crippen molar-refractivity contribution >= 4 is 11.0 Å². The zero-order valence-electron chi connectivity index (χ0n) is 14.6. The van der Waals surface area contributed by atoms with E-state index in [9.17, 15) is 0 Å². The summed E-state index contributed by atoms with van der Waals surface area (Å²) in [6.07, 6.45) is 3.94. The molecule has 0 N–H and O–H groups in total. The number of rotatable bonds is 4. The van der Waals surface area contributed by atoms with Crippen LogP contribution < -0.4 is 4.74 Å². The molecule has 7 nitrogen and oxygen atoms in total. The van der Waals surface area contributed by atoms with E-state index in [4.69, 9.17) is 4.74 Å². The molecular weight excluding hydrogens is 340 g/mol. The Bertz CT molecular complexity index is 1210. The van der Waals surface area contributed by atoms with Gasteiger partial charge in [0.2, 0.25) is 0 Å². The highest BCUT2D eigenvalue weighted by molar-refractivity contribution is 5.74. The van der Waals surface area contributed by atoms with Gasteiger partial charge >= 0.3 is 0 Å². The van der Waals surface area contributed by atoms with E-state index in [2.05, 4.69) is 20.3 Å². The Hall–Kier alpha value is -3.74. The predicted molar refractivity (Wildman–Crippen MR) is 102 cm³/mol. The van der Waals surface area contributed by atoms with Gasteiger partial charge < -0.3 is 9.30 Å². The summed E-state index contributed by atoms with van der Waals surface area (Å²) in [6, 6.07) is 17.6. The Morgan fingerprint density at radius 3 is 2.67 bits per heavy atom. The molecule has 132 valence electrons. The van der Waals surface area contributed by atoms with Gasteiger partial charge in [-0.05, 0) is 30.3 Å². The largest absolute Gasteiger partial charge is 0.496 e. The molecular formula is C20H16N6O. The minimum Gasteiger partial charge on any atom is -0.496 e. The van der Waals surface area contributed by atoms with E-state index in [-0.39, 0.29) is 0 Å². The zero-order valence-corrected chi connectivity index (χ0v) is 14.6. The smallest absolute Gasteiger partial charge is 0.164 e.